The van der Waals surface area contributed by atoms with Crippen molar-refractivity contribution in [2.75, 3.05) is 31.1 Å². The first kappa shape index (κ1) is 19.4. The standard InChI is InChI=1S/C24H21N7O2/c1-16-13-21(31-24(27-16)25-15-26-31)29-9-11-30(12-10-29)23(32)18-7-8-20-19(14-18)22(33-28-20)17-5-3-2-4-6-17/h2-8,13-15H,9-12H2,1H3. The highest BCUT2D eigenvalue weighted by atomic mass is 16.5. The van der Waals surface area contributed by atoms with Crippen molar-refractivity contribution in [3.8, 4) is 11.3 Å². The van der Waals surface area contributed by atoms with Crippen molar-refractivity contribution in [2.45, 2.75) is 6.92 Å². The number of aromatic nitrogens is 5. The molecule has 0 unspecified atom stereocenters. The molecule has 9 nitrogen and oxygen atoms in total. The fourth-order valence-corrected chi connectivity index (χ4v) is 4.33. The molecule has 0 radical (unpaired) electrons. The lowest BCUT2D eigenvalue weighted by molar-refractivity contribution is 0.0746. The monoisotopic (exact) mass is 439 g/mol. The van der Waals surface area contributed by atoms with Crippen LogP contribution >= 0.6 is 0 Å². The second-order valence-electron chi connectivity index (χ2n) is 8.12. The van der Waals surface area contributed by atoms with Gasteiger partial charge in [-0.2, -0.15) is 14.6 Å². The number of rotatable bonds is 3. The first-order chi connectivity index (χ1) is 16.2. The maximum atomic E-state index is 13.3. The lowest BCUT2D eigenvalue weighted by atomic mass is 10.1. The van der Waals surface area contributed by atoms with Crippen LogP contribution in [0.15, 0.2) is 65.4 Å². The number of hydrogen-bond donors (Lipinski definition) is 0. The van der Waals surface area contributed by atoms with Crippen LogP contribution in [0.4, 0.5) is 5.82 Å². The van der Waals surface area contributed by atoms with Crippen LogP contribution in [0.3, 0.4) is 0 Å². The molecule has 33 heavy (non-hydrogen) atoms. The molecular weight excluding hydrogens is 418 g/mol. The number of nitrogens with zero attached hydrogens (tertiary/aromatic N) is 7. The van der Waals surface area contributed by atoms with E-state index in [4.69, 9.17) is 4.52 Å². The largest absolute Gasteiger partial charge is 0.355 e. The van der Waals surface area contributed by atoms with Crippen molar-refractivity contribution in [3.63, 3.8) is 0 Å². The maximum absolute atomic E-state index is 13.3. The highest BCUT2D eigenvalue weighted by molar-refractivity contribution is 6.01. The quantitative estimate of drug-likeness (QED) is 0.426. The number of piperazine rings is 1. The second kappa shape index (κ2) is 7.70. The molecule has 1 aliphatic heterocycles. The van der Waals surface area contributed by atoms with E-state index in [-0.39, 0.29) is 5.91 Å². The van der Waals surface area contributed by atoms with Gasteiger partial charge in [-0.1, -0.05) is 35.5 Å². The fraction of sp³-hybridized carbons (Fsp3) is 0.208. The zero-order chi connectivity index (χ0) is 22.4. The van der Waals surface area contributed by atoms with Gasteiger partial charge in [0.1, 0.15) is 17.7 Å². The number of benzene rings is 2. The predicted molar refractivity (Wildman–Crippen MR) is 123 cm³/mol. The Morgan fingerprint density at radius 1 is 1.00 bits per heavy atom. The van der Waals surface area contributed by atoms with Crippen LogP contribution in [0.5, 0.6) is 0 Å². The first-order valence-corrected chi connectivity index (χ1v) is 10.8. The molecule has 3 aromatic heterocycles. The smallest absolute Gasteiger partial charge is 0.254 e. The van der Waals surface area contributed by atoms with E-state index in [1.165, 1.54) is 6.33 Å². The minimum atomic E-state index is 0.00794. The van der Waals surface area contributed by atoms with Gasteiger partial charge in [0.15, 0.2) is 5.76 Å². The summed E-state index contributed by atoms with van der Waals surface area (Å²) < 4.78 is 7.33. The van der Waals surface area contributed by atoms with Gasteiger partial charge >= 0.3 is 0 Å². The third-order valence-corrected chi connectivity index (χ3v) is 6.01. The molecule has 1 fully saturated rings. The Morgan fingerprint density at radius 2 is 1.82 bits per heavy atom. The van der Waals surface area contributed by atoms with Crippen LogP contribution in [0.25, 0.3) is 28.0 Å². The van der Waals surface area contributed by atoms with E-state index in [1.54, 1.807) is 4.52 Å². The van der Waals surface area contributed by atoms with E-state index >= 15 is 0 Å². The van der Waals surface area contributed by atoms with Gasteiger partial charge in [0.05, 0.1) is 5.39 Å². The van der Waals surface area contributed by atoms with E-state index < -0.39 is 0 Å². The molecular formula is C24H21N7O2. The van der Waals surface area contributed by atoms with Crippen molar-refractivity contribution in [1.82, 2.24) is 29.6 Å². The van der Waals surface area contributed by atoms with Crippen molar-refractivity contribution < 1.29 is 9.32 Å². The zero-order valence-corrected chi connectivity index (χ0v) is 18.0. The lowest BCUT2D eigenvalue weighted by Gasteiger charge is -2.36. The van der Waals surface area contributed by atoms with Gasteiger partial charge in [0.25, 0.3) is 11.7 Å². The van der Waals surface area contributed by atoms with Crippen LogP contribution < -0.4 is 4.90 Å². The molecule has 0 aliphatic carbocycles. The molecule has 0 N–H and O–H groups in total. The maximum Gasteiger partial charge on any atom is 0.254 e. The van der Waals surface area contributed by atoms with Crippen molar-refractivity contribution in [1.29, 1.82) is 0 Å². The molecule has 0 saturated carbocycles. The summed E-state index contributed by atoms with van der Waals surface area (Å²) in [6.07, 6.45) is 1.51. The molecule has 164 valence electrons. The van der Waals surface area contributed by atoms with Crippen LogP contribution in [-0.2, 0) is 0 Å². The Hall–Kier alpha value is -4.27. The van der Waals surface area contributed by atoms with Crippen molar-refractivity contribution in [2.24, 2.45) is 0 Å². The SMILES string of the molecule is Cc1cc(N2CCN(C(=O)c3ccc4noc(-c5ccccc5)c4c3)CC2)n2ncnc2n1. The molecule has 1 aliphatic rings. The number of carbonyl (C=O) groups is 1. The van der Waals surface area contributed by atoms with Crippen molar-refractivity contribution in [3.05, 3.63) is 72.2 Å². The molecule has 1 amide bonds. The topological polar surface area (TPSA) is 92.7 Å². The number of amides is 1. The van der Waals surface area contributed by atoms with Gasteiger partial charge in [0.2, 0.25) is 0 Å². The third kappa shape index (κ3) is 3.38. The summed E-state index contributed by atoms with van der Waals surface area (Å²) in [5, 5.41) is 9.29. The Labute approximate surface area is 189 Å². The summed E-state index contributed by atoms with van der Waals surface area (Å²) in [4.78, 5) is 26.0. The normalized spacial score (nSPS) is 14.3. The minimum Gasteiger partial charge on any atom is -0.355 e. The molecule has 5 aromatic rings. The molecule has 6 rings (SSSR count). The van der Waals surface area contributed by atoms with Gasteiger partial charge in [-0.15, -0.1) is 0 Å². The molecule has 2 aromatic carbocycles. The summed E-state index contributed by atoms with van der Waals surface area (Å²) >= 11 is 0. The summed E-state index contributed by atoms with van der Waals surface area (Å²) in [5.41, 5.74) is 3.19. The van der Waals surface area contributed by atoms with Gasteiger partial charge in [-0.05, 0) is 25.1 Å². The molecule has 4 heterocycles. The number of hydrogen-bond acceptors (Lipinski definition) is 7. The lowest BCUT2D eigenvalue weighted by Crippen LogP contribution is -2.49. The van der Waals surface area contributed by atoms with E-state index in [1.807, 2.05) is 66.4 Å². The summed E-state index contributed by atoms with van der Waals surface area (Å²) in [6, 6.07) is 17.4. The summed E-state index contributed by atoms with van der Waals surface area (Å²) in [5.74, 6) is 2.21. The van der Waals surface area contributed by atoms with Crippen LogP contribution in [0, 0.1) is 6.92 Å². The fourth-order valence-electron chi connectivity index (χ4n) is 4.33. The van der Waals surface area contributed by atoms with Gasteiger partial charge in [-0.25, -0.2) is 4.98 Å². The Morgan fingerprint density at radius 3 is 2.64 bits per heavy atom. The molecule has 0 spiro atoms. The van der Waals surface area contributed by atoms with Crippen LogP contribution in [-0.4, -0.2) is 61.7 Å². The number of carbonyl (C=O) groups excluding carboxylic acids is 1. The van der Waals surface area contributed by atoms with Gasteiger partial charge in [-0.3, -0.25) is 4.79 Å². The third-order valence-electron chi connectivity index (χ3n) is 6.01. The van der Waals surface area contributed by atoms with E-state index in [0.29, 0.717) is 43.3 Å². The molecule has 0 bridgehead atoms. The molecule has 1 saturated heterocycles. The molecule has 0 atom stereocenters. The van der Waals surface area contributed by atoms with Crippen LogP contribution in [0.1, 0.15) is 16.1 Å². The number of aryl methyl sites for hydroxylation is 1. The van der Waals surface area contributed by atoms with E-state index in [9.17, 15) is 4.79 Å². The predicted octanol–water partition coefficient (Wildman–Crippen LogP) is 3.20. The Bertz CT molecular complexity index is 1470. The second-order valence-corrected chi connectivity index (χ2v) is 8.12. The highest BCUT2D eigenvalue weighted by Gasteiger charge is 2.25. The summed E-state index contributed by atoms with van der Waals surface area (Å²) in [6.45, 7) is 4.58. The number of anilines is 1. The Kier molecular flexibility index (Phi) is 4.53. The van der Waals surface area contributed by atoms with Gasteiger partial charge in [0, 0.05) is 49.1 Å². The highest BCUT2D eigenvalue weighted by Crippen LogP contribution is 2.29. The number of fused-ring (bicyclic) bond motifs is 2. The van der Waals surface area contributed by atoms with Crippen LogP contribution in [0.2, 0.25) is 0 Å². The van der Waals surface area contributed by atoms with E-state index in [0.717, 1.165) is 28.0 Å². The first-order valence-electron chi connectivity index (χ1n) is 10.8. The van der Waals surface area contributed by atoms with Crippen molar-refractivity contribution >= 4 is 28.4 Å². The van der Waals surface area contributed by atoms with E-state index in [2.05, 4.69) is 25.1 Å². The average Bonchev–Trinajstić information content (AvgIpc) is 3.50. The van der Waals surface area contributed by atoms with Gasteiger partial charge < -0.3 is 14.3 Å². The minimum absolute atomic E-state index is 0.00794. The summed E-state index contributed by atoms with van der Waals surface area (Å²) in [7, 11) is 0. The Balaban J connectivity index is 1.23. The molecule has 9 heteroatoms. The average molecular weight is 439 g/mol. The zero-order valence-electron chi connectivity index (χ0n) is 18.0.